The molecule has 0 aliphatic heterocycles. The summed E-state index contributed by atoms with van der Waals surface area (Å²) in [4.78, 5) is 2.41. The number of phenols is 2. The van der Waals surface area contributed by atoms with Crippen LogP contribution in [0.4, 0.5) is 0 Å². The van der Waals surface area contributed by atoms with Crippen LogP contribution in [0.15, 0.2) is 34.9 Å². The molecule has 1 aliphatic rings. The van der Waals surface area contributed by atoms with Gasteiger partial charge in [0.25, 0.3) is 0 Å². The lowest BCUT2D eigenvalue weighted by atomic mass is 9.97. The summed E-state index contributed by atoms with van der Waals surface area (Å²) in [5.74, 6) is -0.120. The molecule has 0 amide bonds. The second kappa shape index (κ2) is 8.42. The number of ether oxygens (including phenoxy) is 1. The molecule has 0 bridgehead atoms. The normalized spacial score (nSPS) is 14.0. The third-order valence-electron chi connectivity index (χ3n) is 4.19. The number of hydrogen-bond donors (Lipinski definition) is 5. The Kier molecular flexibility index (Phi) is 6.50. The first-order valence-corrected chi connectivity index (χ1v) is 8.81. The van der Waals surface area contributed by atoms with Gasteiger partial charge in [-0.25, -0.2) is 0 Å². The number of phenolic OH excluding ortho intramolecular Hbond substituents is 2. The number of thiol groups is 1. The molecule has 0 heterocycles. The van der Waals surface area contributed by atoms with Crippen molar-refractivity contribution in [1.82, 2.24) is 4.90 Å². The van der Waals surface area contributed by atoms with Crippen LogP contribution < -0.4 is 0 Å². The summed E-state index contributed by atoms with van der Waals surface area (Å²) >= 11 is 4.35. The highest BCUT2D eigenvalue weighted by Gasteiger charge is 2.25. The van der Waals surface area contributed by atoms with Gasteiger partial charge in [-0.05, 0) is 41.4 Å². The van der Waals surface area contributed by atoms with Crippen LogP contribution >= 0.6 is 12.6 Å². The van der Waals surface area contributed by atoms with Gasteiger partial charge < -0.3 is 14.9 Å². The van der Waals surface area contributed by atoms with Gasteiger partial charge in [-0.1, -0.05) is 19.9 Å². The Bertz CT molecular complexity index is 784. The summed E-state index contributed by atoms with van der Waals surface area (Å²) in [6, 6.07) is 2.85. The molecule has 0 saturated heterocycles. The molecule has 0 atom stereocenters. The van der Waals surface area contributed by atoms with Crippen molar-refractivity contribution in [2.75, 3.05) is 13.7 Å². The van der Waals surface area contributed by atoms with Crippen LogP contribution in [-0.2, 0) is 4.74 Å². The van der Waals surface area contributed by atoms with E-state index in [4.69, 9.17) is 15.6 Å². The quantitative estimate of drug-likeness (QED) is 0.305. The largest absolute Gasteiger partial charge is 0.508 e. The SMILES string of the molecule is COCC(=N)N(C(=N)c1cc(C(C)C)c(O)cc1O)C1=CC=C(S)CC1. The topological polar surface area (TPSA) is 101 Å². The van der Waals surface area contributed by atoms with Gasteiger partial charge in [0.15, 0.2) is 0 Å². The fraction of sp³-hybridized carbons (Fsp3) is 0.368. The minimum absolute atomic E-state index is 0.00732. The molecular formula is C19H25N3O3S. The van der Waals surface area contributed by atoms with E-state index in [1.54, 1.807) is 6.07 Å². The van der Waals surface area contributed by atoms with Crippen LogP contribution in [0.1, 0.15) is 43.7 Å². The van der Waals surface area contributed by atoms with E-state index >= 15 is 0 Å². The average Bonchev–Trinajstić information content (AvgIpc) is 2.56. The van der Waals surface area contributed by atoms with Crippen molar-refractivity contribution in [1.29, 1.82) is 10.8 Å². The lowest BCUT2D eigenvalue weighted by Gasteiger charge is -2.30. The fourth-order valence-corrected chi connectivity index (χ4v) is 3.01. The summed E-state index contributed by atoms with van der Waals surface area (Å²) in [6.45, 7) is 3.88. The standard InChI is InChI=1S/C19H25N3O3S/c1-11(2)14-8-15(17(24)9-16(14)23)19(21)22(18(20)10-25-3)12-4-6-13(26)7-5-12/h4,6,8-9,11,20-21,23-24,26H,5,7,10H2,1-3H3. The lowest BCUT2D eigenvalue weighted by molar-refractivity contribution is 0.238. The van der Waals surface area contributed by atoms with E-state index in [1.807, 2.05) is 26.0 Å². The fourth-order valence-electron chi connectivity index (χ4n) is 2.82. The van der Waals surface area contributed by atoms with Crippen molar-refractivity contribution in [2.45, 2.75) is 32.6 Å². The molecular weight excluding hydrogens is 350 g/mol. The smallest absolute Gasteiger partial charge is 0.141 e. The van der Waals surface area contributed by atoms with Crippen molar-refractivity contribution in [3.05, 3.63) is 46.0 Å². The first-order valence-electron chi connectivity index (χ1n) is 8.36. The Labute approximate surface area is 159 Å². The van der Waals surface area contributed by atoms with Crippen molar-refractivity contribution in [3.8, 4) is 11.5 Å². The minimum Gasteiger partial charge on any atom is -0.508 e. The molecule has 6 nitrogen and oxygen atoms in total. The number of hydrogen-bond acceptors (Lipinski definition) is 6. The number of methoxy groups -OCH3 is 1. The zero-order valence-electron chi connectivity index (χ0n) is 15.2. The number of amidine groups is 2. The molecule has 1 aromatic rings. The molecule has 140 valence electrons. The molecule has 0 unspecified atom stereocenters. The Morgan fingerprint density at radius 3 is 2.42 bits per heavy atom. The van der Waals surface area contributed by atoms with Gasteiger partial charge in [0.1, 0.15) is 29.8 Å². The van der Waals surface area contributed by atoms with E-state index in [0.717, 1.165) is 17.0 Å². The Morgan fingerprint density at radius 2 is 1.88 bits per heavy atom. The summed E-state index contributed by atoms with van der Waals surface area (Å²) < 4.78 is 5.07. The Morgan fingerprint density at radius 1 is 1.19 bits per heavy atom. The second-order valence-electron chi connectivity index (χ2n) is 6.46. The molecule has 4 N–H and O–H groups in total. The van der Waals surface area contributed by atoms with Gasteiger partial charge in [0.05, 0.1) is 5.56 Å². The average molecular weight is 375 g/mol. The summed E-state index contributed by atoms with van der Waals surface area (Å²) in [7, 11) is 1.49. The molecule has 2 rings (SSSR count). The van der Waals surface area contributed by atoms with Crippen LogP contribution in [0.2, 0.25) is 0 Å². The summed E-state index contributed by atoms with van der Waals surface area (Å²) in [5.41, 5.74) is 1.65. The number of nitrogens with one attached hydrogen (secondary N) is 2. The van der Waals surface area contributed by atoms with Gasteiger partial charge in [0, 0.05) is 18.9 Å². The van der Waals surface area contributed by atoms with E-state index in [2.05, 4.69) is 12.6 Å². The van der Waals surface area contributed by atoms with E-state index in [1.165, 1.54) is 18.1 Å². The van der Waals surface area contributed by atoms with Crippen LogP contribution in [-0.4, -0.2) is 40.5 Å². The first kappa shape index (κ1) is 20.1. The predicted octanol–water partition coefficient (Wildman–Crippen LogP) is 3.96. The minimum atomic E-state index is -0.200. The number of rotatable bonds is 5. The van der Waals surface area contributed by atoms with Gasteiger partial charge in [-0.15, -0.1) is 12.6 Å². The highest BCUT2D eigenvalue weighted by molar-refractivity contribution is 7.84. The number of benzene rings is 1. The Hall–Kier alpha value is -2.25. The van der Waals surface area contributed by atoms with E-state index < -0.39 is 0 Å². The molecule has 0 saturated carbocycles. The maximum Gasteiger partial charge on any atom is 0.141 e. The van der Waals surface area contributed by atoms with Gasteiger partial charge in [-0.2, -0.15) is 0 Å². The van der Waals surface area contributed by atoms with Gasteiger partial charge >= 0.3 is 0 Å². The molecule has 0 radical (unpaired) electrons. The molecule has 1 aliphatic carbocycles. The summed E-state index contributed by atoms with van der Waals surface area (Å²) in [5, 5.41) is 37.3. The molecule has 0 fully saturated rings. The molecule has 0 spiro atoms. The van der Waals surface area contributed by atoms with Crippen molar-refractivity contribution in [3.63, 3.8) is 0 Å². The second-order valence-corrected chi connectivity index (χ2v) is 7.04. The predicted molar refractivity (Wildman–Crippen MR) is 107 cm³/mol. The maximum atomic E-state index is 10.3. The van der Waals surface area contributed by atoms with Gasteiger partial charge in [0.2, 0.25) is 0 Å². The maximum absolute atomic E-state index is 10.3. The third-order valence-corrected chi connectivity index (χ3v) is 4.56. The van der Waals surface area contributed by atoms with Gasteiger partial charge in [-0.3, -0.25) is 15.7 Å². The molecule has 26 heavy (non-hydrogen) atoms. The number of aromatic hydroxyl groups is 2. The van der Waals surface area contributed by atoms with E-state index in [-0.39, 0.29) is 41.3 Å². The monoisotopic (exact) mass is 375 g/mol. The van der Waals surface area contributed by atoms with Crippen molar-refractivity contribution >= 4 is 24.3 Å². The zero-order valence-corrected chi connectivity index (χ0v) is 16.1. The van der Waals surface area contributed by atoms with Crippen molar-refractivity contribution in [2.24, 2.45) is 0 Å². The molecule has 1 aromatic carbocycles. The molecule has 0 aromatic heterocycles. The van der Waals surface area contributed by atoms with Crippen LogP contribution in [0, 0.1) is 10.8 Å². The number of nitrogens with zero attached hydrogens (tertiary/aromatic N) is 1. The lowest BCUT2D eigenvalue weighted by Crippen LogP contribution is -2.38. The first-order chi connectivity index (χ1) is 12.3. The van der Waals surface area contributed by atoms with Crippen molar-refractivity contribution < 1.29 is 14.9 Å². The van der Waals surface area contributed by atoms with Crippen LogP contribution in [0.5, 0.6) is 11.5 Å². The highest BCUT2D eigenvalue weighted by atomic mass is 32.1. The third kappa shape index (κ3) is 4.28. The van der Waals surface area contributed by atoms with Crippen LogP contribution in [0.3, 0.4) is 0 Å². The molecule has 7 heteroatoms. The van der Waals surface area contributed by atoms with E-state index in [9.17, 15) is 10.2 Å². The number of allylic oxidation sites excluding steroid dienone is 4. The van der Waals surface area contributed by atoms with E-state index in [0.29, 0.717) is 12.0 Å². The Balaban J connectivity index is 2.50. The summed E-state index contributed by atoms with van der Waals surface area (Å²) in [6.07, 6.45) is 5.02. The van der Waals surface area contributed by atoms with Crippen LogP contribution in [0.25, 0.3) is 0 Å². The zero-order chi connectivity index (χ0) is 19.4. The highest BCUT2D eigenvalue weighted by Crippen LogP contribution is 2.34.